The topological polar surface area (TPSA) is 40.6 Å². The molecule has 0 saturated carbocycles. The molecule has 2 aromatic carbocycles. The molecule has 1 aliphatic heterocycles. The Kier molecular flexibility index (Phi) is 5.01. The van der Waals surface area contributed by atoms with E-state index in [4.69, 9.17) is 0 Å². The molecule has 1 heterocycles. The van der Waals surface area contributed by atoms with Crippen LogP contribution in [0.2, 0.25) is 0 Å². The molecular formula is C19H19FN2O2. The second kappa shape index (κ2) is 7.36. The summed E-state index contributed by atoms with van der Waals surface area (Å²) in [6, 6.07) is 15.2. The van der Waals surface area contributed by atoms with Gasteiger partial charge in [-0.1, -0.05) is 42.5 Å². The van der Waals surface area contributed by atoms with Gasteiger partial charge < -0.3 is 4.90 Å². The number of Topliss-reactive ketones (excluding diaryl/α,β-unsaturated/α-hetero) is 1. The average Bonchev–Trinajstić information content (AvgIpc) is 2.63. The zero-order valence-corrected chi connectivity index (χ0v) is 13.3. The Labute approximate surface area is 140 Å². The molecular weight excluding hydrogens is 307 g/mol. The predicted molar refractivity (Wildman–Crippen MR) is 89.5 cm³/mol. The first-order chi connectivity index (χ1) is 11.6. The first kappa shape index (κ1) is 16.3. The number of carbonyl (C=O) groups is 2. The van der Waals surface area contributed by atoms with Crippen LogP contribution in [-0.2, 0) is 0 Å². The molecule has 2 aromatic rings. The van der Waals surface area contributed by atoms with E-state index in [0.29, 0.717) is 38.3 Å². The number of carbonyl (C=O) groups excluding carboxylic acids is 2. The van der Waals surface area contributed by atoms with E-state index in [9.17, 15) is 14.0 Å². The highest BCUT2D eigenvalue weighted by molar-refractivity contribution is 5.97. The van der Waals surface area contributed by atoms with Crippen molar-refractivity contribution in [2.75, 3.05) is 32.7 Å². The highest BCUT2D eigenvalue weighted by Crippen LogP contribution is 2.13. The van der Waals surface area contributed by atoms with E-state index < -0.39 is 5.82 Å². The van der Waals surface area contributed by atoms with Crippen LogP contribution in [0.1, 0.15) is 20.7 Å². The zero-order chi connectivity index (χ0) is 16.9. The number of hydrogen-bond acceptors (Lipinski definition) is 3. The van der Waals surface area contributed by atoms with E-state index in [-0.39, 0.29) is 17.3 Å². The summed E-state index contributed by atoms with van der Waals surface area (Å²) >= 11 is 0. The molecule has 0 atom stereocenters. The van der Waals surface area contributed by atoms with Crippen molar-refractivity contribution < 1.29 is 14.0 Å². The van der Waals surface area contributed by atoms with Crippen LogP contribution in [-0.4, -0.2) is 54.2 Å². The minimum absolute atomic E-state index is 0.0736. The van der Waals surface area contributed by atoms with Crippen molar-refractivity contribution in [1.82, 2.24) is 9.80 Å². The first-order valence-electron chi connectivity index (χ1n) is 7.99. The van der Waals surface area contributed by atoms with E-state index in [1.54, 1.807) is 29.2 Å². The summed E-state index contributed by atoms with van der Waals surface area (Å²) in [5.74, 6) is -0.712. The van der Waals surface area contributed by atoms with Gasteiger partial charge in [-0.2, -0.15) is 0 Å². The Bertz CT molecular complexity index is 725. The number of nitrogens with zero attached hydrogens (tertiary/aromatic N) is 2. The summed E-state index contributed by atoms with van der Waals surface area (Å²) in [7, 11) is 0. The lowest BCUT2D eigenvalue weighted by atomic mass is 10.1. The maximum atomic E-state index is 13.7. The second-order valence-electron chi connectivity index (χ2n) is 5.84. The van der Waals surface area contributed by atoms with Gasteiger partial charge in [0, 0.05) is 31.7 Å². The van der Waals surface area contributed by atoms with Crippen LogP contribution in [0.5, 0.6) is 0 Å². The quantitative estimate of drug-likeness (QED) is 0.811. The van der Waals surface area contributed by atoms with E-state index >= 15 is 0 Å². The standard InChI is InChI=1S/C19H19FN2O2/c20-17-9-5-4-8-16(17)19(24)22-12-10-21(11-13-22)14-18(23)15-6-2-1-3-7-15/h1-9H,10-14H2. The van der Waals surface area contributed by atoms with Gasteiger partial charge in [-0.25, -0.2) is 4.39 Å². The second-order valence-corrected chi connectivity index (χ2v) is 5.84. The summed E-state index contributed by atoms with van der Waals surface area (Å²) in [4.78, 5) is 28.3. The van der Waals surface area contributed by atoms with Crippen LogP contribution >= 0.6 is 0 Å². The number of ketones is 1. The summed E-state index contributed by atoms with van der Waals surface area (Å²) in [6.45, 7) is 2.55. The van der Waals surface area contributed by atoms with Gasteiger partial charge in [-0.05, 0) is 12.1 Å². The largest absolute Gasteiger partial charge is 0.336 e. The Morgan fingerprint density at radius 2 is 1.50 bits per heavy atom. The molecule has 5 heteroatoms. The third-order valence-electron chi connectivity index (χ3n) is 4.23. The fraction of sp³-hybridized carbons (Fsp3) is 0.263. The van der Waals surface area contributed by atoms with Crippen LogP contribution in [0.15, 0.2) is 54.6 Å². The van der Waals surface area contributed by atoms with Gasteiger partial charge in [-0.3, -0.25) is 14.5 Å². The Balaban J connectivity index is 1.55. The smallest absolute Gasteiger partial charge is 0.256 e. The highest BCUT2D eigenvalue weighted by Gasteiger charge is 2.24. The lowest BCUT2D eigenvalue weighted by Gasteiger charge is -2.34. The van der Waals surface area contributed by atoms with Crippen LogP contribution in [0.25, 0.3) is 0 Å². The molecule has 1 saturated heterocycles. The summed E-state index contributed by atoms with van der Waals surface area (Å²) in [6.07, 6.45) is 0. The van der Waals surface area contributed by atoms with Gasteiger partial charge in [0.25, 0.3) is 5.91 Å². The van der Waals surface area contributed by atoms with Crippen LogP contribution in [0, 0.1) is 5.82 Å². The minimum Gasteiger partial charge on any atom is -0.336 e. The number of halogens is 1. The maximum Gasteiger partial charge on any atom is 0.256 e. The summed E-state index contributed by atoms with van der Waals surface area (Å²) in [5, 5.41) is 0. The van der Waals surface area contributed by atoms with Crippen molar-refractivity contribution in [3.8, 4) is 0 Å². The van der Waals surface area contributed by atoms with Gasteiger partial charge in [0.2, 0.25) is 0 Å². The molecule has 3 rings (SSSR count). The Morgan fingerprint density at radius 1 is 0.875 bits per heavy atom. The maximum absolute atomic E-state index is 13.7. The Hall–Kier alpha value is -2.53. The van der Waals surface area contributed by atoms with Gasteiger partial charge in [0.1, 0.15) is 5.82 Å². The van der Waals surface area contributed by atoms with Gasteiger partial charge >= 0.3 is 0 Å². The normalized spacial score (nSPS) is 15.3. The van der Waals surface area contributed by atoms with E-state index in [0.717, 1.165) is 0 Å². The van der Waals surface area contributed by atoms with Gasteiger partial charge in [0.05, 0.1) is 12.1 Å². The third kappa shape index (κ3) is 3.68. The van der Waals surface area contributed by atoms with Crippen molar-refractivity contribution in [3.05, 3.63) is 71.5 Å². The number of hydrogen-bond donors (Lipinski definition) is 0. The average molecular weight is 326 g/mol. The number of rotatable bonds is 4. The molecule has 0 radical (unpaired) electrons. The lowest BCUT2D eigenvalue weighted by molar-refractivity contribution is 0.0620. The highest BCUT2D eigenvalue weighted by atomic mass is 19.1. The fourth-order valence-electron chi connectivity index (χ4n) is 2.83. The monoisotopic (exact) mass is 326 g/mol. The zero-order valence-electron chi connectivity index (χ0n) is 13.3. The van der Waals surface area contributed by atoms with Crippen molar-refractivity contribution >= 4 is 11.7 Å². The molecule has 0 N–H and O–H groups in total. The molecule has 0 bridgehead atoms. The van der Waals surface area contributed by atoms with Crippen LogP contribution < -0.4 is 0 Å². The van der Waals surface area contributed by atoms with E-state index in [2.05, 4.69) is 0 Å². The summed E-state index contributed by atoms with van der Waals surface area (Å²) in [5.41, 5.74) is 0.800. The molecule has 0 aromatic heterocycles. The first-order valence-corrected chi connectivity index (χ1v) is 7.99. The van der Waals surface area contributed by atoms with Crippen molar-refractivity contribution in [2.24, 2.45) is 0 Å². The molecule has 0 aliphatic carbocycles. The molecule has 1 aliphatic rings. The molecule has 1 amide bonds. The fourth-order valence-corrected chi connectivity index (χ4v) is 2.83. The van der Waals surface area contributed by atoms with Crippen LogP contribution in [0.3, 0.4) is 0 Å². The molecule has 24 heavy (non-hydrogen) atoms. The number of piperazine rings is 1. The van der Waals surface area contributed by atoms with E-state index in [1.165, 1.54) is 12.1 Å². The summed E-state index contributed by atoms with van der Waals surface area (Å²) < 4.78 is 13.7. The SMILES string of the molecule is O=C(CN1CCN(C(=O)c2ccccc2F)CC1)c1ccccc1. The van der Waals surface area contributed by atoms with Gasteiger partial charge in [0.15, 0.2) is 5.78 Å². The van der Waals surface area contributed by atoms with Crippen molar-refractivity contribution in [3.63, 3.8) is 0 Å². The number of benzene rings is 2. The van der Waals surface area contributed by atoms with Crippen molar-refractivity contribution in [1.29, 1.82) is 0 Å². The Morgan fingerprint density at radius 3 is 2.17 bits per heavy atom. The van der Waals surface area contributed by atoms with Crippen LogP contribution in [0.4, 0.5) is 4.39 Å². The lowest BCUT2D eigenvalue weighted by Crippen LogP contribution is -2.50. The minimum atomic E-state index is -0.496. The number of amides is 1. The van der Waals surface area contributed by atoms with E-state index in [1.807, 2.05) is 23.1 Å². The molecule has 124 valence electrons. The van der Waals surface area contributed by atoms with Crippen molar-refractivity contribution in [2.45, 2.75) is 0 Å². The molecule has 0 unspecified atom stereocenters. The molecule has 1 fully saturated rings. The third-order valence-corrected chi connectivity index (χ3v) is 4.23. The molecule has 0 spiro atoms. The predicted octanol–water partition coefficient (Wildman–Crippen LogP) is 2.47. The van der Waals surface area contributed by atoms with Gasteiger partial charge in [-0.15, -0.1) is 0 Å². The molecule has 4 nitrogen and oxygen atoms in total.